The Hall–Kier alpha value is -1.79. The molecule has 0 atom stereocenters. The lowest BCUT2D eigenvalue weighted by Crippen LogP contribution is -2.31. The standard InChI is InChI=1S/C15H24N2O4/c1-3-20-9-7-17(8-10-21-4-2)12-5-6-13(15(18)19)14(16)11-12/h5-6,11H,3-4,7-10,16H2,1-2H3,(H,18,19). The lowest BCUT2D eigenvalue weighted by molar-refractivity contribution is 0.0698. The molecule has 6 nitrogen and oxygen atoms in total. The minimum Gasteiger partial charge on any atom is -0.478 e. The maximum Gasteiger partial charge on any atom is 0.337 e. The molecule has 0 heterocycles. The highest BCUT2D eigenvalue weighted by Gasteiger charge is 2.12. The first-order valence-corrected chi connectivity index (χ1v) is 7.13. The van der Waals surface area contributed by atoms with Crippen LogP contribution in [-0.2, 0) is 9.47 Å². The van der Waals surface area contributed by atoms with Crippen molar-refractivity contribution in [3.63, 3.8) is 0 Å². The first-order valence-electron chi connectivity index (χ1n) is 7.13. The van der Waals surface area contributed by atoms with Crippen LogP contribution in [-0.4, -0.2) is 50.6 Å². The molecular weight excluding hydrogens is 272 g/mol. The fourth-order valence-corrected chi connectivity index (χ4v) is 1.95. The summed E-state index contributed by atoms with van der Waals surface area (Å²) in [6, 6.07) is 4.97. The molecule has 0 aliphatic carbocycles. The van der Waals surface area contributed by atoms with Crippen molar-refractivity contribution in [3.05, 3.63) is 23.8 Å². The van der Waals surface area contributed by atoms with Gasteiger partial charge in [0.2, 0.25) is 0 Å². The third-order valence-electron chi connectivity index (χ3n) is 3.05. The number of rotatable bonds is 10. The van der Waals surface area contributed by atoms with Crippen molar-refractivity contribution in [2.75, 3.05) is 50.2 Å². The van der Waals surface area contributed by atoms with E-state index in [1.807, 2.05) is 13.8 Å². The number of hydrogen-bond donors (Lipinski definition) is 2. The van der Waals surface area contributed by atoms with Crippen LogP contribution in [0.1, 0.15) is 24.2 Å². The summed E-state index contributed by atoms with van der Waals surface area (Å²) in [4.78, 5) is 13.1. The summed E-state index contributed by atoms with van der Waals surface area (Å²) in [5.74, 6) is -1.02. The molecule has 0 amide bonds. The van der Waals surface area contributed by atoms with E-state index in [9.17, 15) is 4.79 Å². The van der Waals surface area contributed by atoms with Gasteiger partial charge in [-0.15, -0.1) is 0 Å². The number of nitrogens with two attached hydrogens (primary N) is 1. The van der Waals surface area contributed by atoms with Crippen molar-refractivity contribution in [1.29, 1.82) is 0 Å². The first-order chi connectivity index (χ1) is 10.1. The van der Waals surface area contributed by atoms with Crippen LogP contribution in [0.5, 0.6) is 0 Å². The van der Waals surface area contributed by atoms with E-state index in [1.165, 1.54) is 6.07 Å². The Balaban J connectivity index is 2.80. The highest BCUT2D eigenvalue weighted by atomic mass is 16.5. The molecule has 0 fully saturated rings. The molecule has 0 aliphatic heterocycles. The third kappa shape index (κ3) is 5.61. The predicted octanol–water partition coefficient (Wildman–Crippen LogP) is 1.85. The summed E-state index contributed by atoms with van der Waals surface area (Å²) in [7, 11) is 0. The zero-order chi connectivity index (χ0) is 15.7. The number of aromatic carboxylic acids is 1. The molecule has 1 rings (SSSR count). The second-order valence-corrected chi connectivity index (χ2v) is 4.46. The molecule has 21 heavy (non-hydrogen) atoms. The number of benzene rings is 1. The Bertz CT molecular complexity index is 441. The molecule has 0 unspecified atom stereocenters. The quantitative estimate of drug-likeness (QED) is 0.506. The van der Waals surface area contributed by atoms with Gasteiger partial charge in [0.15, 0.2) is 0 Å². The molecule has 118 valence electrons. The SMILES string of the molecule is CCOCCN(CCOCC)c1ccc(C(=O)O)c(N)c1. The Morgan fingerprint density at radius 3 is 2.19 bits per heavy atom. The summed E-state index contributed by atoms with van der Waals surface area (Å²) in [6.45, 7) is 7.83. The number of carbonyl (C=O) groups is 1. The summed E-state index contributed by atoms with van der Waals surface area (Å²) in [6.07, 6.45) is 0. The van der Waals surface area contributed by atoms with E-state index >= 15 is 0 Å². The molecule has 1 aromatic carbocycles. The molecule has 0 spiro atoms. The van der Waals surface area contributed by atoms with Gasteiger partial charge < -0.3 is 25.2 Å². The van der Waals surface area contributed by atoms with Crippen molar-refractivity contribution in [1.82, 2.24) is 0 Å². The fourth-order valence-electron chi connectivity index (χ4n) is 1.95. The van der Waals surface area contributed by atoms with Gasteiger partial charge in [0.25, 0.3) is 0 Å². The van der Waals surface area contributed by atoms with Crippen molar-refractivity contribution in [2.45, 2.75) is 13.8 Å². The average molecular weight is 296 g/mol. The van der Waals surface area contributed by atoms with Gasteiger partial charge in [-0.25, -0.2) is 4.79 Å². The summed E-state index contributed by atoms with van der Waals surface area (Å²) in [5.41, 5.74) is 7.05. The Kier molecular flexibility index (Phi) is 7.56. The van der Waals surface area contributed by atoms with Gasteiger partial charge >= 0.3 is 5.97 Å². The van der Waals surface area contributed by atoms with E-state index in [0.717, 1.165) is 5.69 Å². The normalized spacial score (nSPS) is 10.6. The molecule has 0 saturated heterocycles. The Morgan fingerprint density at radius 2 is 1.76 bits per heavy atom. The summed E-state index contributed by atoms with van der Waals surface area (Å²) < 4.78 is 10.8. The predicted molar refractivity (Wildman–Crippen MR) is 83.0 cm³/mol. The van der Waals surface area contributed by atoms with Crippen LogP contribution in [0.2, 0.25) is 0 Å². The number of nitrogens with zero attached hydrogens (tertiary/aromatic N) is 1. The topological polar surface area (TPSA) is 85.0 Å². The van der Waals surface area contributed by atoms with Crippen molar-refractivity contribution < 1.29 is 19.4 Å². The third-order valence-corrected chi connectivity index (χ3v) is 3.05. The minimum absolute atomic E-state index is 0.119. The smallest absolute Gasteiger partial charge is 0.337 e. The lowest BCUT2D eigenvalue weighted by Gasteiger charge is -2.25. The molecule has 6 heteroatoms. The van der Waals surface area contributed by atoms with E-state index < -0.39 is 5.97 Å². The zero-order valence-electron chi connectivity index (χ0n) is 12.7. The monoisotopic (exact) mass is 296 g/mol. The summed E-state index contributed by atoms with van der Waals surface area (Å²) in [5, 5.41) is 9.01. The molecule has 0 aromatic heterocycles. The largest absolute Gasteiger partial charge is 0.478 e. The van der Waals surface area contributed by atoms with Crippen LogP contribution in [0, 0.1) is 0 Å². The first kappa shape index (κ1) is 17.3. The number of ether oxygens (including phenoxy) is 2. The maximum absolute atomic E-state index is 11.0. The van der Waals surface area contributed by atoms with Crippen LogP contribution in [0.15, 0.2) is 18.2 Å². The van der Waals surface area contributed by atoms with Crippen LogP contribution >= 0.6 is 0 Å². The number of carboxylic acids is 1. The van der Waals surface area contributed by atoms with Crippen LogP contribution in [0.4, 0.5) is 11.4 Å². The molecule has 0 saturated carbocycles. The van der Waals surface area contributed by atoms with Crippen molar-refractivity contribution in [3.8, 4) is 0 Å². The second-order valence-electron chi connectivity index (χ2n) is 4.46. The van der Waals surface area contributed by atoms with Crippen LogP contribution in [0.25, 0.3) is 0 Å². The van der Waals surface area contributed by atoms with Gasteiger partial charge in [-0.2, -0.15) is 0 Å². The van der Waals surface area contributed by atoms with Gasteiger partial charge in [0.05, 0.1) is 18.8 Å². The molecular formula is C15H24N2O4. The van der Waals surface area contributed by atoms with Crippen molar-refractivity contribution >= 4 is 17.3 Å². The number of nitrogen functional groups attached to an aromatic ring is 1. The highest BCUT2D eigenvalue weighted by Crippen LogP contribution is 2.21. The van der Waals surface area contributed by atoms with Gasteiger partial charge in [0.1, 0.15) is 0 Å². The van der Waals surface area contributed by atoms with E-state index in [4.69, 9.17) is 20.3 Å². The summed E-state index contributed by atoms with van der Waals surface area (Å²) >= 11 is 0. The van der Waals surface area contributed by atoms with Gasteiger partial charge in [-0.3, -0.25) is 0 Å². The number of hydrogen-bond acceptors (Lipinski definition) is 5. The van der Waals surface area contributed by atoms with Gasteiger partial charge in [-0.05, 0) is 32.0 Å². The molecule has 0 aliphatic rings. The number of anilines is 2. The lowest BCUT2D eigenvalue weighted by atomic mass is 10.1. The Morgan fingerprint density at radius 1 is 1.19 bits per heavy atom. The van der Waals surface area contributed by atoms with Crippen LogP contribution in [0.3, 0.4) is 0 Å². The molecule has 3 N–H and O–H groups in total. The maximum atomic E-state index is 11.0. The highest BCUT2D eigenvalue weighted by molar-refractivity contribution is 5.94. The van der Waals surface area contributed by atoms with Gasteiger partial charge in [0, 0.05) is 37.7 Å². The van der Waals surface area contributed by atoms with E-state index in [-0.39, 0.29) is 11.3 Å². The van der Waals surface area contributed by atoms with E-state index in [0.29, 0.717) is 39.5 Å². The van der Waals surface area contributed by atoms with Gasteiger partial charge in [-0.1, -0.05) is 0 Å². The van der Waals surface area contributed by atoms with E-state index in [1.54, 1.807) is 12.1 Å². The molecule has 1 aromatic rings. The minimum atomic E-state index is -1.02. The fraction of sp³-hybridized carbons (Fsp3) is 0.533. The van der Waals surface area contributed by atoms with E-state index in [2.05, 4.69) is 4.90 Å². The van der Waals surface area contributed by atoms with Crippen molar-refractivity contribution in [2.24, 2.45) is 0 Å². The molecule has 0 radical (unpaired) electrons. The zero-order valence-corrected chi connectivity index (χ0v) is 12.7. The molecule has 0 bridgehead atoms. The average Bonchev–Trinajstić information content (AvgIpc) is 2.45. The Labute approximate surface area is 125 Å². The second kappa shape index (κ2) is 9.20. The number of carboxylic acid groups (broad SMARTS) is 1. The van der Waals surface area contributed by atoms with Crippen LogP contribution < -0.4 is 10.6 Å².